The van der Waals surface area contributed by atoms with Gasteiger partial charge in [-0.2, -0.15) is 0 Å². The molecule has 0 spiro atoms. The van der Waals surface area contributed by atoms with Crippen LogP contribution in [-0.2, 0) is 17.8 Å². The first-order valence-corrected chi connectivity index (χ1v) is 7.32. The number of hydrogen-bond donors (Lipinski definition) is 1. The number of amides is 1. The number of nitrogens with zero attached hydrogens (tertiary/aromatic N) is 2. The molecule has 2 heterocycles. The first kappa shape index (κ1) is 15.0. The van der Waals surface area contributed by atoms with Gasteiger partial charge in [-0.15, -0.1) is 0 Å². The number of pyridine rings is 1. The summed E-state index contributed by atoms with van der Waals surface area (Å²) in [5.41, 5.74) is 8.23. The lowest BCUT2D eigenvalue weighted by atomic mass is 9.84. The lowest BCUT2D eigenvalue weighted by Gasteiger charge is -2.33. The summed E-state index contributed by atoms with van der Waals surface area (Å²) in [4.78, 5) is 19.0. The highest BCUT2D eigenvalue weighted by Crippen LogP contribution is 2.26. The molecule has 4 heteroatoms. The molecule has 0 fully saturated rings. The van der Waals surface area contributed by atoms with Gasteiger partial charge in [-0.25, -0.2) is 0 Å². The number of carbonyl (C=O) groups excluding carboxylic acids is 1. The Morgan fingerprint density at radius 2 is 2.25 bits per heavy atom. The van der Waals surface area contributed by atoms with E-state index >= 15 is 0 Å². The van der Waals surface area contributed by atoms with E-state index in [9.17, 15) is 4.79 Å². The van der Waals surface area contributed by atoms with Gasteiger partial charge in [0.2, 0.25) is 5.91 Å². The van der Waals surface area contributed by atoms with Crippen LogP contribution in [0.3, 0.4) is 0 Å². The van der Waals surface area contributed by atoms with Gasteiger partial charge in [-0.3, -0.25) is 9.78 Å². The summed E-state index contributed by atoms with van der Waals surface area (Å²) >= 11 is 0. The molecule has 1 atom stereocenters. The van der Waals surface area contributed by atoms with E-state index in [0.29, 0.717) is 13.1 Å². The predicted molar refractivity (Wildman–Crippen MR) is 80.0 cm³/mol. The smallest absolute Gasteiger partial charge is 0.227 e. The van der Waals surface area contributed by atoms with Gasteiger partial charge in [-0.05, 0) is 23.5 Å². The van der Waals surface area contributed by atoms with E-state index in [4.69, 9.17) is 5.73 Å². The Morgan fingerprint density at radius 3 is 2.90 bits per heavy atom. The molecule has 1 amide bonds. The highest BCUT2D eigenvalue weighted by molar-refractivity contribution is 5.79. The normalized spacial score (nSPS) is 16.7. The minimum absolute atomic E-state index is 0.0757. The number of aromatic nitrogens is 1. The zero-order chi connectivity index (χ0) is 14.8. The minimum Gasteiger partial charge on any atom is -0.338 e. The highest BCUT2D eigenvalue weighted by atomic mass is 16.2. The molecule has 0 saturated carbocycles. The van der Waals surface area contributed by atoms with Crippen molar-refractivity contribution in [2.75, 3.05) is 13.1 Å². The van der Waals surface area contributed by atoms with Gasteiger partial charge in [-0.1, -0.05) is 26.8 Å². The van der Waals surface area contributed by atoms with Crippen molar-refractivity contribution in [1.82, 2.24) is 9.88 Å². The van der Waals surface area contributed by atoms with Gasteiger partial charge in [0, 0.05) is 37.9 Å². The molecular weight excluding hydrogens is 250 g/mol. The largest absolute Gasteiger partial charge is 0.338 e. The van der Waals surface area contributed by atoms with Crippen molar-refractivity contribution in [3.63, 3.8) is 0 Å². The summed E-state index contributed by atoms with van der Waals surface area (Å²) in [6.45, 7) is 8.30. The molecule has 1 aromatic rings. The number of rotatable bonds is 3. The van der Waals surface area contributed by atoms with Gasteiger partial charge >= 0.3 is 0 Å². The molecule has 0 aliphatic carbocycles. The molecule has 1 unspecified atom stereocenters. The maximum atomic E-state index is 12.6. The number of fused-ring (bicyclic) bond motifs is 1. The van der Waals surface area contributed by atoms with E-state index < -0.39 is 0 Å². The Labute approximate surface area is 121 Å². The molecule has 1 aliphatic heterocycles. The Balaban J connectivity index is 2.07. The van der Waals surface area contributed by atoms with Crippen LogP contribution in [0.25, 0.3) is 0 Å². The second-order valence-electron chi connectivity index (χ2n) is 6.82. The molecule has 0 aromatic carbocycles. The molecule has 0 radical (unpaired) electrons. The molecule has 1 aromatic heterocycles. The highest BCUT2D eigenvalue weighted by Gasteiger charge is 2.29. The molecular formula is C16H25N3O. The van der Waals surface area contributed by atoms with Crippen LogP contribution in [0.2, 0.25) is 0 Å². The van der Waals surface area contributed by atoms with Crippen molar-refractivity contribution >= 4 is 5.91 Å². The molecule has 1 aliphatic rings. The summed E-state index contributed by atoms with van der Waals surface area (Å²) in [6, 6.07) is 3.99. The lowest BCUT2D eigenvalue weighted by Crippen LogP contribution is -2.43. The fourth-order valence-corrected chi connectivity index (χ4v) is 2.82. The summed E-state index contributed by atoms with van der Waals surface area (Å²) in [5.74, 6) is 0.116. The van der Waals surface area contributed by atoms with E-state index in [0.717, 1.165) is 25.1 Å². The van der Waals surface area contributed by atoms with Crippen molar-refractivity contribution in [2.45, 2.75) is 40.2 Å². The second-order valence-corrected chi connectivity index (χ2v) is 6.82. The van der Waals surface area contributed by atoms with Gasteiger partial charge in [0.05, 0.1) is 5.92 Å². The van der Waals surface area contributed by atoms with Crippen LogP contribution in [0.5, 0.6) is 0 Å². The number of nitrogens with two attached hydrogens (primary N) is 1. The van der Waals surface area contributed by atoms with Crippen LogP contribution < -0.4 is 5.73 Å². The third-order valence-electron chi connectivity index (χ3n) is 3.77. The molecule has 4 nitrogen and oxygen atoms in total. The van der Waals surface area contributed by atoms with Crippen molar-refractivity contribution in [1.29, 1.82) is 0 Å². The Hall–Kier alpha value is -1.42. The minimum atomic E-state index is -0.0757. The zero-order valence-corrected chi connectivity index (χ0v) is 12.7. The monoisotopic (exact) mass is 275 g/mol. The maximum absolute atomic E-state index is 12.6. The molecule has 110 valence electrons. The van der Waals surface area contributed by atoms with Gasteiger partial charge in [0.15, 0.2) is 0 Å². The average Bonchev–Trinajstić information content (AvgIpc) is 2.42. The first-order valence-electron chi connectivity index (χ1n) is 7.32. The second kappa shape index (κ2) is 5.92. The van der Waals surface area contributed by atoms with Crippen molar-refractivity contribution < 1.29 is 4.79 Å². The quantitative estimate of drug-likeness (QED) is 0.917. The standard InChI is InChI=1S/C16H25N3O/c1-16(2,3)9-13(10-17)15(20)19-8-6-14-12(11-19)5-4-7-18-14/h4-5,7,13H,6,8-11,17H2,1-3H3. The molecule has 20 heavy (non-hydrogen) atoms. The molecule has 2 N–H and O–H groups in total. The SMILES string of the molecule is CC(C)(C)CC(CN)C(=O)N1CCc2ncccc2C1. The maximum Gasteiger partial charge on any atom is 0.227 e. The lowest BCUT2D eigenvalue weighted by molar-refractivity contribution is -0.137. The topological polar surface area (TPSA) is 59.2 Å². The average molecular weight is 275 g/mol. The number of hydrogen-bond acceptors (Lipinski definition) is 3. The third kappa shape index (κ3) is 3.57. The summed E-state index contributed by atoms with van der Waals surface area (Å²) in [7, 11) is 0. The number of carbonyl (C=O) groups is 1. The van der Waals surface area contributed by atoms with E-state index in [1.54, 1.807) is 0 Å². The summed E-state index contributed by atoms with van der Waals surface area (Å²) in [5, 5.41) is 0. The van der Waals surface area contributed by atoms with Crippen LogP contribution in [0.15, 0.2) is 18.3 Å². The molecule has 0 bridgehead atoms. The van der Waals surface area contributed by atoms with E-state index in [2.05, 4.69) is 31.8 Å². The summed E-state index contributed by atoms with van der Waals surface area (Å²) in [6.07, 6.45) is 3.49. The van der Waals surface area contributed by atoms with E-state index in [1.165, 1.54) is 5.56 Å². The van der Waals surface area contributed by atoms with Crippen LogP contribution in [-0.4, -0.2) is 28.9 Å². The Morgan fingerprint density at radius 1 is 1.50 bits per heavy atom. The first-order chi connectivity index (χ1) is 9.40. The Kier molecular flexibility index (Phi) is 4.43. The van der Waals surface area contributed by atoms with Gasteiger partial charge < -0.3 is 10.6 Å². The van der Waals surface area contributed by atoms with Crippen LogP contribution in [0, 0.1) is 11.3 Å². The zero-order valence-electron chi connectivity index (χ0n) is 12.7. The third-order valence-corrected chi connectivity index (χ3v) is 3.77. The van der Waals surface area contributed by atoms with E-state index in [-0.39, 0.29) is 17.2 Å². The van der Waals surface area contributed by atoms with Crippen molar-refractivity contribution in [3.8, 4) is 0 Å². The van der Waals surface area contributed by atoms with Crippen molar-refractivity contribution in [2.24, 2.45) is 17.1 Å². The predicted octanol–water partition coefficient (Wildman–Crippen LogP) is 1.98. The Bertz CT molecular complexity index is 479. The van der Waals surface area contributed by atoms with Crippen LogP contribution in [0.1, 0.15) is 38.4 Å². The molecule has 0 saturated heterocycles. The van der Waals surface area contributed by atoms with Gasteiger partial charge in [0.25, 0.3) is 0 Å². The van der Waals surface area contributed by atoms with E-state index in [1.807, 2.05) is 17.2 Å². The van der Waals surface area contributed by atoms with Crippen LogP contribution in [0.4, 0.5) is 0 Å². The molecule has 2 rings (SSSR count). The fourth-order valence-electron chi connectivity index (χ4n) is 2.82. The van der Waals surface area contributed by atoms with Gasteiger partial charge in [0.1, 0.15) is 0 Å². The summed E-state index contributed by atoms with van der Waals surface area (Å²) < 4.78 is 0. The fraction of sp³-hybridized carbons (Fsp3) is 0.625. The van der Waals surface area contributed by atoms with Crippen molar-refractivity contribution in [3.05, 3.63) is 29.6 Å². The van der Waals surface area contributed by atoms with Crippen LogP contribution >= 0.6 is 0 Å².